The summed E-state index contributed by atoms with van der Waals surface area (Å²) >= 11 is 1.22. The van der Waals surface area contributed by atoms with Crippen LogP contribution in [-0.2, 0) is 4.74 Å². The molecule has 0 aromatic carbocycles. The van der Waals surface area contributed by atoms with Gasteiger partial charge >= 0.3 is 5.97 Å². The molecule has 2 heterocycles. The van der Waals surface area contributed by atoms with Crippen molar-refractivity contribution in [2.24, 2.45) is 0 Å². The number of nitrogens with zero attached hydrogens (tertiary/aromatic N) is 2. The van der Waals surface area contributed by atoms with Gasteiger partial charge in [0.15, 0.2) is 5.01 Å². The van der Waals surface area contributed by atoms with E-state index in [0.29, 0.717) is 28.1 Å². The maximum atomic E-state index is 11.5. The number of hydrogen-bond donors (Lipinski definition) is 0. The number of carbonyl (C=O) groups is 1. The van der Waals surface area contributed by atoms with E-state index in [0.717, 1.165) is 0 Å². The molecule has 0 saturated heterocycles. The summed E-state index contributed by atoms with van der Waals surface area (Å²) in [4.78, 5) is 20.2. The van der Waals surface area contributed by atoms with Gasteiger partial charge in [-0.15, -0.1) is 11.3 Å². The van der Waals surface area contributed by atoms with E-state index < -0.39 is 0 Å². The SMILES string of the molecule is CCOC(=O)c1sc(-c2ncco2)nc1C. The number of aromatic nitrogens is 2. The topological polar surface area (TPSA) is 65.2 Å². The third kappa shape index (κ3) is 1.96. The average molecular weight is 238 g/mol. The minimum atomic E-state index is -0.352. The Bertz CT molecular complexity index is 490. The van der Waals surface area contributed by atoms with Gasteiger partial charge in [-0.2, -0.15) is 0 Å². The van der Waals surface area contributed by atoms with Gasteiger partial charge in [0.1, 0.15) is 11.1 Å². The van der Waals surface area contributed by atoms with Crippen molar-refractivity contribution in [3.8, 4) is 10.9 Å². The standard InChI is InChI=1S/C10H10N2O3S/c1-3-14-10(13)7-6(2)12-9(16-7)8-11-4-5-15-8/h4-5H,3H2,1-2H3. The van der Waals surface area contributed by atoms with Gasteiger partial charge in [-0.05, 0) is 13.8 Å². The lowest BCUT2D eigenvalue weighted by molar-refractivity contribution is 0.0531. The monoisotopic (exact) mass is 238 g/mol. The van der Waals surface area contributed by atoms with Gasteiger partial charge in [-0.3, -0.25) is 0 Å². The Labute approximate surface area is 96.1 Å². The number of hydrogen-bond acceptors (Lipinski definition) is 6. The Hall–Kier alpha value is -1.69. The molecule has 0 saturated carbocycles. The van der Waals surface area contributed by atoms with Crippen LogP contribution >= 0.6 is 11.3 Å². The van der Waals surface area contributed by atoms with E-state index >= 15 is 0 Å². The lowest BCUT2D eigenvalue weighted by atomic mass is 10.4. The normalized spacial score (nSPS) is 10.4. The first-order chi connectivity index (χ1) is 7.72. The molecule has 0 bridgehead atoms. The van der Waals surface area contributed by atoms with E-state index in [4.69, 9.17) is 9.15 Å². The molecule has 5 nitrogen and oxygen atoms in total. The van der Waals surface area contributed by atoms with E-state index in [1.807, 2.05) is 0 Å². The lowest BCUT2D eigenvalue weighted by Gasteiger charge is -1.97. The second kappa shape index (κ2) is 4.44. The van der Waals surface area contributed by atoms with Crippen LogP contribution in [0, 0.1) is 6.92 Å². The predicted molar refractivity (Wildman–Crippen MR) is 58.3 cm³/mol. The van der Waals surface area contributed by atoms with E-state index in [-0.39, 0.29) is 5.97 Å². The molecule has 0 aliphatic heterocycles. The minimum Gasteiger partial charge on any atom is -0.462 e. The van der Waals surface area contributed by atoms with E-state index in [1.165, 1.54) is 23.8 Å². The minimum absolute atomic E-state index is 0.352. The molecule has 2 rings (SSSR count). The molecular formula is C10H10N2O3S. The zero-order valence-electron chi connectivity index (χ0n) is 8.89. The highest BCUT2D eigenvalue weighted by Gasteiger charge is 2.18. The second-order valence-corrected chi connectivity index (χ2v) is 3.99. The quantitative estimate of drug-likeness (QED) is 0.767. The molecule has 16 heavy (non-hydrogen) atoms. The smallest absolute Gasteiger partial charge is 0.350 e. The molecule has 6 heteroatoms. The van der Waals surface area contributed by atoms with Gasteiger partial charge in [-0.25, -0.2) is 14.8 Å². The number of esters is 1. The molecular weight excluding hydrogens is 228 g/mol. The summed E-state index contributed by atoms with van der Waals surface area (Å²) in [5.74, 6) is 0.0685. The summed E-state index contributed by atoms with van der Waals surface area (Å²) in [6.07, 6.45) is 3.01. The Morgan fingerprint density at radius 2 is 2.44 bits per heavy atom. The number of oxazole rings is 1. The summed E-state index contributed by atoms with van der Waals surface area (Å²) in [6, 6.07) is 0. The van der Waals surface area contributed by atoms with Gasteiger partial charge < -0.3 is 9.15 Å². The number of thiazole rings is 1. The Morgan fingerprint density at radius 3 is 3.06 bits per heavy atom. The number of carbonyl (C=O) groups excluding carboxylic acids is 1. The maximum Gasteiger partial charge on any atom is 0.350 e. The van der Waals surface area contributed by atoms with Crippen molar-refractivity contribution in [2.75, 3.05) is 6.61 Å². The van der Waals surface area contributed by atoms with Gasteiger partial charge in [-0.1, -0.05) is 0 Å². The van der Waals surface area contributed by atoms with Crippen molar-refractivity contribution in [1.29, 1.82) is 0 Å². The number of ether oxygens (including phenoxy) is 1. The molecule has 0 amide bonds. The zero-order chi connectivity index (χ0) is 11.5. The van der Waals surface area contributed by atoms with Crippen LogP contribution in [0.3, 0.4) is 0 Å². The second-order valence-electron chi connectivity index (χ2n) is 2.99. The maximum absolute atomic E-state index is 11.5. The summed E-state index contributed by atoms with van der Waals surface area (Å²) in [6.45, 7) is 3.88. The summed E-state index contributed by atoms with van der Waals surface area (Å²) < 4.78 is 10.0. The van der Waals surface area contributed by atoms with E-state index in [1.54, 1.807) is 13.8 Å². The molecule has 0 unspecified atom stereocenters. The molecule has 0 aliphatic rings. The Balaban J connectivity index is 2.32. The van der Waals surface area contributed by atoms with Crippen molar-refractivity contribution in [3.63, 3.8) is 0 Å². The lowest BCUT2D eigenvalue weighted by Crippen LogP contribution is -2.03. The van der Waals surface area contributed by atoms with Crippen LogP contribution in [0.4, 0.5) is 0 Å². The molecule has 0 fully saturated rings. The first-order valence-corrected chi connectivity index (χ1v) is 5.58. The van der Waals surface area contributed by atoms with Gasteiger partial charge in [0.2, 0.25) is 0 Å². The van der Waals surface area contributed by atoms with Crippen LogP contribution in [0.15, 0.2) is 16.9 Å². The molecule has 0 spiro atoms. The molecule has 2 aromatic rings. The van der Waals surface area contributed by atoms with E-state index in [9.17, 15) is 4.79 Å². The molecule has 0 aliphatic carbocycles. The van der Waals surface area contributed by atoms with Gasteiger partial charge in [0.25, 0.3) is 5.89 Å². The van der Waals surface area contributed by atoms with Crippen LogP contribution in [0.2, 0.25) is 0 Å². The number of rotatable bonds is 3. The Morgan fingerprint density at radius 1 is 1.62 bits per heavy atom. The molecule has 0 atom stereocenters. The van der Waals surface area contributed by atoms with Gasteiger partial charge in [0, 0.05) is 0 Å². The average Bonchev–Trinajstić information content (AvgIpc) is 2.86. The number of aryl methyl sites for hydroxylation is 1. The predicted octanol–water partition coefficient (Wildman–Crippen LogP) is 2.28. The van der Waals surface area contributed by atoms with Crippen molar-refractivity contribution >= 4 is 17.3 Å². The fraction of sp³-hybridized carbons (Fsp3) is 0.300. The van der Waals surface area contributed by atoms with Crippen molar-refractivity contribution < 1.29 is 13.9 Å². The highest BCUT2D eigenvalue weighted by Crippen LogP contribution is 2.27. The van der Waals surface area contributed by atoms with Crippen LogP contribution in [0.25, 0.3) is 10.9 Å². The summed E-state index contributed by atoms with van der Waals surface area (Å²) in [7, 11) is 0. The fourth-order valence-corrected chi connectivity index (χ4v) is 2.10. The fourth-order valence-electron chi connectivity index (χ4n) is 1.20. The first kappa shape index (κ1) is 10.8. The summed E-state index contributed by atoms with van der Waals surface area (Å²) in [5.41, 5.74) is 0.636. The van der Waals surface area contributed by atoms with Crippen molar-refractivity contribution in [2.45, 2.75) is 13.8 Å². The third-order valence-corrected chi connectivity index (χ3v) is 3.00. The largest absolute Gasteiger partial charge is 0.462 e. The van der Waals surface area contributed by atoms with Gasteiger partial charge in [0.05, 0.1) is 18.5 Å². The van der Waals surface area contributed by atoms with Crippen molar-refractivity contribution in [1.82, 2.24) is 9.97 Å². The highest BCUT2D eigenvalue weighted by molar-refractivity contribution is 7.16. The first-order valence-electron chi connectivity index (χ1n) is 4.76. The summed E-state index contributed by atoms with van der Waals surface area (Å²) in [5, 5.41) is 0.588. The third-order valence-electron chi connectivity index (χ3n) is 1.87. The van der Waals surface area contributed by atoms with E-state index in [2.05, 4.69) is 9.97 Å². The molecule has 0 radical (unpaired) electrons. The highest BCUT2D eigenvalue weighted by atomic mass is 32.1. The van der Waals surface area contributed by atoms with Crippen molar-refractivity contribution in [3.05, 3.63) is 23.0 Å². The van der Waals surface area contributed by atoms with Crippen LogP contribution in [0.1, 0.15) is 22.3 Å². The zero-order valence-corrected chi connectivity index (χ0v) is 9.71. The Kier molecular flexibility index (Phi) is 3.00. The molecule has 2 aromatic heterocycles. The molecule has 84 valence electrons. The molecule has 0 N–H and O–H groups in total. The van der Waals surface area contributed by atoms with Crippen LogP contribution in [0.5, 0.6) is 0 Å². The van der Waals surface area contributed by atoms with Crippen LogP contribution < -0.4 is 0 Å². The van der Waals surface area contributed by atoms with Crippen LogP contribution in [-0.4, -0.2) is 22.5 Å².